The minimum atomic E-state index is -4.36. The SMILES string of the molecule is Fc1cccnc1NC1(C(F)(F)F)CC1. The predicted molar refractivity (Wildman–Crippen MR) is 45.8 cm³/mol. The summed E-state index contributed by atoms with van der Waals surface area (Å²) in [7, 11) is 0. The molecule has 0 amide bonds. The fourth-order valence-electron chi connectivity index (χ4n) is 1.31. The van der Waals surface area contributed by atoms with Crippen molar-refractivity contribution in [2.75, 3.05) is 5.32 Å². The Labute approximate surface area is 83.3 Å². The summed E-state index contributed by atoms with van der Waals surface area (Å²) in [6, 6.07) is 2.40. The normalized spacial score (nSPS) is 18.7. The van der Waals surface area contributed by atoms with E-state index in [1.54, 1.807) is 0 Å². The summed E-state index contributed by atoms with van der Waals surface area (Å²) in [5, 5.41) is 2.13. The number of pyridine rings is 1. The molecule has 2 nitrogen and oxygen atoms in total. The first-order valence-electron chi connectivity index (χ1n) is 4.40. The monoisotopic (exact) mass is 220 g/mol. The Kier molecular flexibility index (Phi) is 2.09. The van der Waals surface area contributed by atoms with Crippen molar-refractivity contribution in [3.05, 3.63) is 24.1 Å². The Morgan fingerprint density at radius 2 is 2.00 bits per heavy atom. The summed E-state index contributed by atoms with van der Waals surface area (Å²) in [5.74, 6) is -1.11. The molecule has 0 atom stereocenters. The van der Waals surface area contributed by atoms with E-state index in [4.69, 9.17) is 0 Å². The minimum absolute atomic E-state index is 0.0352. The van der Waals surface area contributed by atoms with Crippen LogP contribution in [0, 0.1) is 5.82 Å². The number of anilines is 1. The lowest BCUT2D eigenvalue weighted by Crippen LogP contribution is -2.39. The van der Waals surface area contributed by atoms with E-state index < -0.39 is 17.5 Å². The highest BCUT2D eigenvalue weighted by atomic mass is 19.4. The first kappa shape index (κ1) is 10.2. The highest BCUT2D eigenvalue weighted by Crippen LogP contribution is 2.51. The van der Waals surface area contributed by atoms with Crippen LogP contribution in [0.2, 0.25) is 0 Å². The number of halogens is 4. The topological polar surface area (TPSA) is 24.9 Å². The number of rotatable bonds is 2. The molecule has 0 spiro atoms. The van der Waals surface area contributed by atoms with Crippen molar-refractivity contribution >= 4 is 5.82 Å². The number of nitrogens with zero attached hydrogens (tertiary/aromatic N) is 1. The fourth-order valence-corrected chi connectivity index (χ4v) is 1.31. The molecule has 1 aromatic heterocycles. The molecule has 82 valence electrons. The molecule has 0 radical (unpaired) electrons. The van der Waals surface area contributed by atoms with E-state index >= 15 is 0 Å². The first-order chi connectivity index (χ1) is 6.95. The second-order valence-corrected chi connectivity index (χ2v) is 3.54. The minimum Gasteiger partial charge on any atom is -0.354 e. The van der Waals surface area contributed by atoms with Crippen LogP contribution in [0.5, 0.6) is 0 Å². The molecule has 1 heterocycles. The summed E-state index contributed by atoms with van der Waals surface area (Å²) in [4.78, 5) is 3.53. The van der Waals surface area contributed by atoms with Crippen LogP contribution in [0.4, 0.5) is 23.4 Å². The molecule has 0 aromatic carbocycles. The average Bonchev–Trinajstić information content (AvgIpc) is 2.89. The van der Waals surface area contributed by atoms with Crippen LogP contribution in [0.1, 0.15) is 12.8 Å². The number of nitrogens with one attached hydrogen (secondary N) is 1. The van der Waals surface area contributed by atoms with Crippen molar-refractivity contribution in [1.82, 2.24) is 4.98 Å². The van der Waals surface area contributed by atoms with E-state index in [2.05, 4.69) is 10.3 Å². The molecular weight excluding hydrogens is 212 g/mol. The van der Waals surface area contributed by atoms with Gasteiger partial charge >= 0.3 is 6.18 Å². The van der Waals surface area contributed by atoms with Gasteiger partial charge in [0.1, 0.15) is 5.54 Å². The summed E-state index contributed by atoms with van der Waals surface area (Å²) in [5.41, 5.74) is -1.97. The molecule has 15 heavy (non-hydrogen) atoms. The standard InChI is InChI=1S/C9H8F4N2/c10-6-2-1-5-14-7(6)15-8(3-4-8)9(11,12)13/h1-2,5H,3-4H2,(H,14,15). The zero-order valence-corrected chi connectivity index (χ0v) is 7.61. The van der Waals surface area contributed by atoms with Gasteiger partial charge in [-0.15, -0.1) is 0 Å². The molecule has 1 N–H and O–H groups in total. The Hall–Kier alpha value is -1.33. The third-order valence-corrected chi connectivity index (χ3v) is 2.41. The molecule has 1 saturated carbocycles. The zero-order valence-electron chi connectivity index (χ0n) is 7.61. The molecule has 1 fully saturated rings. The van der Waals surface area contributed by atoms with Crippen LogP contribution in [0.3, 0.4) is 0 Å². The number of hydrogen-bond acceptors (Lipinski definition) is 2. The van der Waals surface area contributed by atoms with E-state index in [0.29, 0.717) is 0 Å². The van der Waals surface area contributed by atoms with Crippen LogP contribution >= 0.6 is 0 Å². The molecule has 0 unspecified atom stereocenters. The highest BCUT2D eigenvalue weighted by molar-refractivity contribution is 5.42. The van der Waals surface area contributed by atoms with Gasteiger partial charge in [-0.25, -0.2) is 9.37 Å². The molecule has 2 rings (SSSR count). The van der Waals surface area contributed by atoms with Crippen molar-refractivity contribution in [3.63, 3.8) is 0 Å². The maximum absolute atomic E-state index is 13.0. The number of hydrogen-bond donors (Lipinski definition) is 1. The van der Waals surface area contributed by atoms with E-state index in [1.807, 2.05) is 0 Å². The van der Waals surface area contributed by atoms with Gasteiger partial charge in [0.25, 0.3) is 0 Å². The second kappa shape index (κ2) is 3.08. The molecule has 6 heteroatoms. The van der Waals surface area contributed by atoms with E-state index in [-0.39, 0.29) is 18.7 Å². The maximum Gasteiger partial charge on any atom is 0.411 e. The smallest absolute Gasteiger partial charge is 0.354 e. The van der Waals surface area contributed by atoms with Crippen molar-refractivity contribution in [2.24, 2.45) is 0 Å². The highest BCUT2D eigenvalue weighted by Gasteiger charge is 2.63. The second-order valence-electron chi connectivity index (χ2n) is 3.54. The van der Waals surface area contributed by atoms with Gasteiger partial charge < -0.3 is 5.32 Å². The first-order valence-corrected chi connectivity index (χ1v) is 4.40. The van der Waals surface area contributed by atoms with E-state index in [9.17, 15) is 17.6 Å². The fraction of sp³-hybridized carbons (Fsp3) is 0.444. The van der Waals surface area contributed by atoms with Crippen LogP contribution in [-0.2, 0) is 0 Å². The number of aromatic nitrogens is 1. The van der Waals surface area contributed by atoms with Gasteiger partial charge in [-0.3, -0.25) is 0 Å². The Morgan fingerprint density at radius 1 is 1.33 bits per heavy atom. The zero-order chi connectivity index (χ0) is 11.1. The van der Waals surface area contributed by atoms with Crippen LogP contribution in [0.15, 0.2) is 18.3 Å². The lowest BCUT2D eigenvalue weighted by Gasteiger charge is -2.21. The van der Waals surface area contributed by atoms with Crippen LogP contribution in [0.25, 0.3) is 0 Å². The van der Waals surface area contributed by atoms with Crippen molar-refractivity contribution < 1.29 is 17.6 Å². The number of alkyl halides is 3. The quantitative estimate of drug-likeness (QED) is 0.775. The Bertz CT molecular complexity index is 371. The van der Waals surface area contributed by atoms with Gasteiger partial charge in [0.05, 0.1) is 0 Å². The largest absolute Gasteiger partial charge is 0.411 e. The summed E-state index contributed by atoms with van der Waals surface area (Å²) in [6.07, 6.45) is -3.19. The van der Waals surface area contributed by atoms with Crippen molar-refractivity contribution in [1.29, 1.82) is 0 Å². The van der Waals surface area contributed by atoms with Gasteiger partial charge in [0.2, 0.25) is 0 Å². The summed E-state index contributed by atoms with van der Waals surface area (Å²) in [6.45, 7) is 0. The molecule has 0 bridgehead atoms. The molecule has 0 aliphatic heterocycles. The Balaban J connectivity index is 2.20. The van der Waals surface area contributed by atoms with Gasteiger partial charge in [0, 0.05) is 6.20 Å². The van der Waals surface area contributed by atoms with E-state index in [1.165, 1.54) is 12.3 Å². The maximum atomic E-state index is 13.0. The summed E-state index contributed by atoms with van der Waals surface area (Å²) >= 11 is 0. The van der Waals surface area contributed by atoms with Crippen LogP contribution in [-0.4, -0.2) is 16.7 Å². The van der Waals surface area contributed by atoms with Gasteiger partial charge in [-0.1, -0.05) is 0 Å². The van der Waals surface area contributed by atoms with Crippen molar-refractivity contribution in [2.45, 2.75) is 24.6 Å². The molecule has 0 saturated heterocycles. The van der Waals surface area contributed by atoms with Gasteiger partial charge in [0.15, 0.2) is 11.6 Å². The lowest BCUT2D eigenvalue weighted by molar-refractivity contribution is -0.151. The molecule has 1 aliphatic rings. The van der Waals surface area contributed by atoms with Crippen LogP contribution < -0.4 is 5.32 Å². The van der Waals surface area contributed by atoms with Crippen molar-refractivity contribution in [3.8, 4) is 0 Å². The molecular formula is C9H8F4N2. The third kappa shape index (κ3) is 1.75. The lowest BCUT2D eigenvalue weighted by atomic mass is 10.2. The third-order valence-electron chi connectivity index (χ3n) is 2.41. The van der Waals surface area contributed by atoms with Gasteiger partial charge in [-0.05, 0) is 25.0 Å². The predicted octanol–water partition coefficient (Wildman–Crippen LogP) is 2.73. The molecule has 1 aliphatic carbocycles. The summed E-state index contributed by atoms with van der Waals surface area (Å²) < 4.78 is 50.5. The molecule has 1 aromatic rings. The average molecular weight is 220 g/mol. The Morgan fingerprint density at radius 3 is 2.47 bits per heavy atom. The van der Waals surface area contributed by atoms with Gasteiger partial charge in [-0.2, -0.15) is 13.2 Å². The van der Waals surface area contributed by atoms with E-state index in [0.717, 1.165) is 6.07 Å².